The molecule has 0 amide bonds. The minimum atomic E-state index is -1.30. The number of ether oxygens (including phenoxy) is 2. The Kier molecular flexibility index (Phi) is 4.87. The highest BCUT2D eigenvalue weighted by Crippen LogP contribution is 2.19. The van der Waals surface area contributed by atoms with Crippen molar-refractivity contribution < 1.29 is 35.0 Å². The van der Waals surface area contributed by atoms with E-state index in [1.54, 1.807) is 0 Å². The topological polar surface area (TPSA) is 120 Å². The number of rotatable bonds is 4. The van der Waals surface area contributed by atoms with Crippen LogP contribution in [0.2, 0.25) is 0 Å². The first kappa shape index (κ1) is 12.8. The molecule has 0 aliphatic carbocycles. The Labute approximate surface area is 86.5 Å². The molecule has 1 aliphatic heterocycles. The molecule has 0 aromatic rings. The van der Waals surface area contributed by atoms with Crippen molar-refractivity contribution in [2.75, 3.05) is 20.0 Å². The van der Waals surface area contributed by atoms with E-state index in [1.165, 1.54) is 0 Å². The first-order chi connectivity index (χ1) is 7.11. The molecule has 0 aromatic heterocycles. The molecule has 1 fully saturated rings. The normalized spacial score (nSPS) is 36.2. The molecule has 15 heavy (non-hydrogen) atoms. The van der Waals surface area contributed by atoms with Gasteiger partial charge in [-0.3, -0.25) is 0 Å². The van der Waals surface area contributed by atoms with E-state index in [0.29, 0.717) is 0 Å². The quantitative estimate of drug-likeness (QED) is 0.341. The Bertz CT molecular complexity index is 170. The van der Waals surface area contributed by atoms with Gasteiger partial charge < -0.3 is 35.0 Å². The molecule has 1 heterocycles. The fourth-order valence-corrected chi connectivity index (χ4v) is 1.47. The Morgan fingerprint density at radius 1 is 1.00 bits per heavy atom. The van der Waals surface area contributed by atoms with Gasteiger partial charge in [-0.15, -0.1) is 0 Å². The molecule has 0 bridgehead atoms. The van der Waals surface area contributed by atoms with Crippen molar-refractivity contribution >= 4 is 0 Å². The van der Waals surface area contributed by atoms with Gasteiger partial charge in [0.05, 0.1) is 13.2 Å². The summed E-state index contributed by atoms with van der Waals surface area (Å²) in [5.74, 6) is 0. The van der Waals surface area contributed by atoms with Crippen LogP contribution in [0.1, 0.15) is 0 Å². The Hall–Kier alpha value is -0.280. The largest absolute Gasteiger partial charge is 0.394 e. The average molecular weight is 224 g/mol. The zero-order valence-electron chi connectivity index (χ0n) is 8.06. The maximum atomic E-state index is 9.64. The molecule has 1 saturated heterocycles. The summed E-state index contributed by atoms with van der Waals surface area (Å²) < 4.78 is 9.79. The van der Waals surface area contributed by atoms with Crippen molar-refractivity contribution in [3.05, 3.63) is 0 Å². The first-order valence-electron chi connectivity index (χ1n) is 4.61. The lowest BCUT2D eigenvalue weighted by molar-refractivity contribution is -0.273. The van der Waals surface area contributed by atoms with Crippen molar-refractivity contribution in [2.24, 2.45) is 0 Å². The number of hydrogen-bond acceptors (Lipinski definition) is 7. The minimum Gasteiger partial charge on any atom is -0.394 e. The van der Waals surface area contributed by atoms with Crippen LogP contribution in [0.4, 0.5) is 0 Å². The van der Waals surface area contributed by atoms with E-state index in [1.807, 2.05) is 0 Å². The number of aliphatic hydroxyl groups excluding tert-OH is 5. The van der Waals surface area contributed by atoms with Crippen LogP contribution in [0, 0.1) is 0 Å². The molecule has 0 saturated carbocycles. The predicted molar refractivity (Wildman–Crippen MR) is 46.8 cm³/mol. The van der Waals surface area contributed by atoms with Gasteiger partial charge >= 0.3 is 0 Å². The van der Waals surface area contributed by atoms with E-state index >= 15 is 0 Å². The second kappa shape index (κ2) is 5.71. The van der Waals surface area contributed by atoms with Gasteiger partial charge in [0.15, 0.2) is 0 Å². The van der Waals surface area contributed by atoms with Gasteiger partial charge in [-0.1, -0.05) is 0 Å². The van der Waals surface area contributed by atoms with Crippen LogP contribution in [-0.2, 0) is 9.47 Å². The molecular weight excluding hydrogens is 208 g/mol. The minimum absolute atomic E-state index is 0.222. The molecule has 0 radical (unpaired) electrons. The predicted octanol–water partition coefficient (Wildman–Crippen LogP) is -3.20. The second-order valence-electron chi connectivity index (χ2n) is 3.37. The summed E-state index contributed by atoms with van der Waals surface area (Å²) in [6, 6.07) is 0. The monoisotopic (exact) mass is 224 g/mol. The van der Waals surface area contributed by atoms with Crippen LogP contribution < -0.4 is 0 Å². The summed E-state index contributed by atoms with van der Waals surface area (Å²) in [5, 5.41) is 45.6. The zero-order valence-corrected chi connectivity index (χ0v) is 8.06. The molecule has 1 aliphatic rings. The van der Waals surface area contributed by atoms with Crippen LogP contribution in [-0.4, -0.2) is 76.1 Å². The van der Waals surface area contributed by atoms with Crippen molar-refractivity contribution in [2.45, 2.75) is 30.5 Å². The molecular formula is C8H16O7. The lowest BCUT2D eigenvalue weighted by Crippen LogP contribution is -2.56. The van der Waals surface area contributed by atoms with Gasteiger partial charge in [0.1, 0.15) is 37.3 Å². The van der Waals surface area contributed by atoms with Crippen LogP contribution >= 0.6 is 0 Å². The fraction of sp³-hybridized carbons (Fsp3) is 1.00. The van der Waals surface area contributed by atoms with Gasteiger partial charge in [-0.05, 0) is 0 Å². The third-order valence-electron chi connectivity index (χ3n) is 2.33. The lowest BCUT2D eigenvalue weighted by Gasteiger charge is -2.38. The fourth-order valence-electron chi connectivity index (χ4n) is 1.47. The van der Waals surface area contributed by atoms with Crippen LogP contribution in [0.25, 0.3) is 0 Å². The summed E-state index contributed by atoms with van der Waals surface area (Å²) in [4.78, 5) is 0. The summed E-state index contributed by atoms with van der Waals surface area (Å²) in [6.45, 7) is -1.35. The molecule has 5 N–H and O–H groups in total. The molecule has 0 spiro atoms. The first-order valence-corrected chi connectivity index (χ1v) is 4.61. The van der Waals surface area contributed by atoms with Crippen molar-refractivity contribution in [3.8, 4) is 0 Å². The summed E-state index contributed by atoms with van der Waals surface area (Å²) in [7, 11) is 0. The number of hydrogen-bond donors (Lipinski definition) is 5. The van der Waals surface area contributed by atoms with E-state index in [9.17, 15) is 15.3 Å². The van der Waals surface area contributed by atoms with Crippen molar-refractivity contribution in [3.63, 3.8) is 0 Å². The van der Waals surface area contributed by atoms with Crippen molar-refractivity contribution in [1.82, 2.24) is 0 Å². The maximum absolute atomic E-state index is 9.64. The van der Waals surface area contributed by atoms with Gasteiger partial charge in [-0.25, -0.2) is 0 Å². The lowest BCUT2D eigenvalue weighted by atomic mass is 9.98. The Balaban J connectivity index is 2.62. The van der Waals surface area contributed by atoms with Crippen LogP contribution in [0.3, 0.4) is 0 Å². The average Bonchev–Trinajstić information content (AvgIpc) is 2.27. The molecule has 5 atom stereocenters. The van der Waals surface area contributed by atoms with E-state index in [2.05, 4.69) is 0 Å². The number of aliphatic hydroxyl groups is 5. The van der Waals surface area contributed by atoms with Gasteiger partial charge in [-0.2, -0.15) is 0 Å². The standard InChI is InChI=1S/C8H16O7/c9-1-4(11)7-6(13)8(5(12)2-10)15-3-14-7/h4-13H,1-3H2/t4-,5+,6?,7-,8+. The third kappa shape index (κ3) is 2.85. The Morgan fingerprint density at radius 3 is 1.73 bits per heavy atom. The smallest absolute Gasteiger partial charge is 0.148 e. The molecule has 90 valence electrons. The van der Waals surface area contributed by atoms with E-state index in [0.717, 1.165) is 0 Å². The molecule has 7 heteroatoms. The highest BCUT2D eigenvalue weighted by Gasteiger charge is 2.40. The second-order valence-corrected chi connectivity index (χ2v) is 3.37. The Morgan fingerprint density at radius 2 is 1.40 bits per heavy atom. The maximum Gasteiger partial charge on any atom is 0.148 e. The van der Waals surface area contributed by atoms with E-state index in [-0.39, 0.29) is 6.79 Å². The third-order valence-corrected chi connectivity index (χ3v) is 2.33. The van der Waals surface area contributed by atoms with Crippen molar-refractivity contribution in [1.29, 1.82) is 0 Å². The summed E-state index contributed by atoms with van der Waals surface area (Å²) in [6.07, 6.45) is -5.87. The molecule has 7 nitrogen and oxygen atoms in total. The van der Waals surface area contributed by atoms with E-state index in [4.69, 9.17) is 19.7 Å². The summed E-state index contributed by atoms with van der Waals surface area (Å²) >= 11 is 0. The molecule has 1 unspecified atom stereocenters. The van der Waals surface area contributed by atoms with Gasteiger partial charge in [0.2, 0.25) is 0 Å². The molecule has 0 aromatic carbocycles. The zero-order chi connectivity index (χ0) is 11.4. The molecule has 1 rings (SSSR count). The SMILES string of the molecule is OC[C@@H](O)[C@H]1OCO[C@@H]([C@@H](O)CO)C1O. The van der Waals surface area contributed by atoms with Gasteiger partial charge in [0.25, 0.3) is 0 Å². The van der Waals surface area contributed by atoms with Crippen LogP contribution in [0.15, 0.2) is 0 Å². The van der Waals surface area contributed by atoms with Crippen LogP contribution in [0.5, 0.6) is 0 Å². The highest BCUT2D eigenvalue weighted by molar-refractivity contribution is 4.88. The highest BCUT2D eigenvalue weighted by atomic mass is 16.7. The van der Waals surface area contributed by atoms with Gasteiger partial charge in [0, 0.05) is 0 Å². The van der Waals surface area contributed by atoms with E-state index < -0.39 is 43.7 Å². The summed E-state index contributed by atoms with van der Waals surface area (Å²) in [5.41, 5.74) is 0.